The number of halogens is 3. The molecule has 0 N–H and O–H groups in total. The van der Waals surface area contributed by atoms with Crippen LogP contribution in [0.25, 0.3) is 0 Å². The average molecular weight is 448 g/mol. The van der Waals surface area contributed by atoms with Gasteiger partial charge in [-0.15, -0.1) is 29.9 Å². The van der Waals surface area contributed by atoms with Gasteiger partial charge in [-0.3, -0.25) is 0 Å². The maximum absolute atomic E-state index is 12.2. The Kier molecular flexibility index (Phi) is 6.57. The molecule has 2 heterocycles. The van der Waals surface area contributed by atoms with Gasteiger partial charge in [-0.25, -0.2) is 8.42 Å². The standard InChI is InChI=1S/C18H20F3N3O3S2/c1-2-9-24-16(14-8-11-29(25,26)12-14)22-23-17(24)28-10-7-13-3-5-15(6-4-13)27-18(19,20)21/h2-6,14H,1,7-12H2/t14-/m0/s1. The van der Waals surface area contributed by atoms with Crippen molar-refractivity contribution in [3.05, 3.63) is 48.3 Å². The van der Waals surface area contributed by atoms with Crippen molar-refractivity contribution >= 4 is 21.6 Å². The van der Waals surface area contributed by atoms with Crippen LogP contribution in [0.5, 0.6) is 5.75 Å². The molecule has 29 heavy (non-hydrogen) atoms. The van der Waals surface area contributed by atoms with Crippen molar-refractivity contribution in [1.82, 2.24) is 14.8 Å². The van der Waals surface area contributed by atoms with E-state index in [1.165, 1.54) is 23.9 Å². The second kappa shape index (κ2) is 8.78. The Morgan fingerprint density at radius 1 is 1.28 bits per heavy atom. The van der Waals surface area contributed by atoms with Crippen LogP contribution in [-0.4, -0.2) is 46.8 Å². The first-order chi connectivity index (χ1) is 13.7. The topological polar surface area (TPSA) is 74.1 Å². The second-order valence-electron chi connectivity index (χ2n) is 6.63. The van der Waals surface area contributed by atoms with Gasteiger partial charge in [-0.05, 0) is 30.5 Å². The zero-order chi connectivity index (χ0) is 21.1. The van der Waals surface area contributed by atoms with Crippen molar-refractivity contribution in [3.8, 4) is 5.75 Å². The van der Waals surface area contributed by atoms with Gasteiger partial charge in [-0.2, -0.15) is 0 Å². The number of aryl methyl sites for hydroxylation is 1. The van der Waals surface area contributed by atoms with Crippen LogP contribution in [0.4, 0.5) is 13.2 Å². The lowest BCUT2D eigenvalue weighted by Crippen LogP contribution is -2.17. The number of ether oxygens (including phenoxy) is 1. The summed E-state index contributed by atoms with van der Waals surface area (Å²) in [7, 11) is -3.03. The SMILES string of the molecule is C=CCn1c(SCCc2ccc(OC(F)(F)F)cc2)nnc1[C@H]1CCS(=O)(=O)C1. The van der Waals surface area contributed by atoms with Gasteiger partial charge >= 0.3 is 6.36 Å². The molecule has 1 aliphatic heterocycles. The van der Waals surface area contributed by atoms with Crippen LogP contribution in [0, 0.1) is 0 Å². The maximum atomic E-state index is 12.2. The van der Waals surface area contributed by atoms with E-state index in [0.29, 0.717) is 36.1 Å². The quantitative estimate of drug-likeness (QED) is 0.455. The van der Waals surface area contributed by atoms with Gasteiger partial charge in [0.05, 0.1) is 11.5 Å². The third-order valence-electron chi connectivity index (χ3n) is 4.43. The molecule has 0 saturated carbocycles. The number of hydrogen-bond donors (Lipinski definition) is 0. The molecule has 1 aromatic carbocycles. The van der Waals surface area contributed by atoms with Crippen molar-refractivity contribution in [2.45, 2.75) is 36.8 Å². The average Bonchev–Trinajstić information content (AvgIpc) is 3.18. The van der Waals surface area contributed by atoms with Crippen LogP contribution < -0.4 is 4.74 Å². The summed E-state index contributed by atoms with van der Waals surface area (Å²) >= 11 is 1.46. The van der Waals surface area contributed by atoms with Crippen molar-refractivity contribution in [1.29, 1.82) is 0 Å². The van der Waals surface area contributed by atoms with Gasteiger partial charge in [0, 0.05) is 18.2 Å². The Hall–Kier alpha value is -2.01. The molecule has 0 aliphatic carbocycles. The van der Waals surface area contributed by atoms with Gasteiger partial charge in [0.15, 0.2) is 15.0 Å². The van der Waals surface area contributed by atoms with Gasteiger partial charge < -0.3 is 9.30 Å². The van der Waals surface area contributed by atoms with E-state index in [2.05, 4.69) is 21.5 Å². The number of hydrogen-bond acceptors (Lipinski definition) is 6. The predicted molar refractivity (Wildman–Crippen MR) is 104 cm³/mol. The molecule has 0 amide bonds. The first kappa shape index (κ1) is 21.7. The third-order valence-corrected chi connectivity index (χ3v) is 7.17. The molecule has 0 unspecified atom stereocenters. The minimum atomic E-state index is -4.71. The van der Waals surface area contributed by atoms with Crippen LogP contribution in [-0.2, 0) is 22.8 Å². The molecule has 2 aromatic rings. The number of sulfone groups is 1. The summed E-state index contributed by atoms with van der Waals surface area (Å²) in [6.45, 7) is 4.22. The fourth-order valence-electron chi connectivity index (χ4n) is 3.13. The zero-order valence-corrected chi connectivity index (χ0v) is 17.1. The molecule has 1 saturated heterocycles. The fourth-order valence-corrected chi connectivity index (χ4v) is 5.81. The van der Waals surface area contributed by atoms with Crippen molar-refractivity contribution in [2.24, 2.45) is 0 Å². The van der Waals surface area contributed by atoms with Gasteiger partial charge in [0.2, 0.25) is 0 Å². The second-order valence-corrected chi connectivity index (χ2v) is 9.92. The van der Waals surface area contributed by atoms with Crippen molar-refractivity contribution in [2.75, 3.05) is 17.3 Å². The number of rotatable bonds is 8. The lowest BCUT2D eigenvalue weighted by atomic mass is 10.1. The van der Waals surface area contributed by atoms with Crippen LogP contribution in [0.2, 0.25) is 0 Å². The molecule has 0 bridgehead atoms. The van der Waals surface area contributed by atoms with E-state index in [-0.39, 0.29) is 23.2 Å². The Morgan fingerprint density at radius 2 is 2.00 bits per heavy atom. The summed E-state index contributed by atoms with van der Waals surface area (Å²) in [6.07, 6.45) is -1.84. The van der Waals surface area contributed by atoms with Crippen LogP contribution in [0.1, 0.15) is 23.7 Å². The highest BCUT2D eigenvalue weighted by molar-refractivity contribution is 7.99. The van der Waals surface area contributed by atoms with Crippen LogP contribution in [0.15, 0.2) is 42.1 Å². The first-order valence-electron chi connectivity index (χ1n) is 8.89. The Labute approximate surface area is 171 Å². The summed E-state index contributed by atoms with van der Waals surface area (Å²) in [4.78, 5) is 0. The molecule has 0 spiro atoms. The monoisotopic (exact) mass is 447 g/mol. The van der Waals surface area contributed by atoms with E-state index in [1.54, 1.807) is 18.2 Å². The molecule has 3 rings (SSSR count). The molecular weight excluding hydrogens is 427 g/mol. The van der Waals surface area contributed by atoms with E-state index >= 15 is 0 Å². The molecule has 1 aliphatic rings. The molecule has 1 aromatic heterocycles. The molecule has 158 valence electrons. The summed E-state index contributed by atoms with van der Waals surface area (Å²) < 4.78 is 65.9. The third kappa shape index (κ3) is 5.99. The predicted octanol–water partition coefficient (Wildman–Crippen LogP) is 3.60. The molecule has 1 atom stereocenters. The number of aromatic nitrogens is 3. The maximum Gasteiger partial charge on any atom is 0.573 e. The molecule has 11 heteroatoms. The molecule has 0 radical (unpaired) electrons. The Bertz CT molecular complexity index is 957. The first-order valence-corrected chi connectivity index (χ1v) is 11.7. The fraction of sp³-hybridized carbons (Fsp3) is 0.444. The molecule has 1 fully saturated rings. The minimum absolute atomic E-state index is 0.0826. The number of alkyl halides is 3. The van der Waals surface area contributed by atoms with Crippen LogP contribution >= 0.6 is 11.8 Å². The largest absolute Gasteiger partial charge is 0.573 e. The van der Waals surface area contributed by atoms with E-state index in [1.807, 2.05) is 4.57 Å². The van der Waals surface area contributed by atoms with E-state index in [4.69, 9.17) is 0 Å². The minimum Gasteiger partial charge on any atom is -0.406 e. The van der Waals surface area contributed by atoms with E-state index in [9.17, 15) is 21.6 Å². The molecular formula is C18H20F3N3O3S2. The Balaban J connectivity index is 1.61. The summed E-state index contributed by atoms with van der Waals surface area (Å²) in [5.74, 6) is 1.12. The van der Waals surface area contributed by atoms with Crippen molar-refractivity contribution in [3.63, 3.8) is 0 Å². The highest BCUT2D eigenvalue weighted by Gasteiger charge is 2.33. The number of nitrogens with zero attached hydrogens (tertiary/aromatic N) is 3. The van der Waals surface area contributed by atoms with E-state index < -0.39 is 16.2 Å². The van der Waals surface area contributed by atoms with Crippen molar-refractivity contribution < 1.29 is 26.3 Å². The van der Waals surface area contributed by atoms with Gasteiger partial charge in [-0.1, -0.05) is 30.0 Å². The zero-order valence-electron chi connectivity index (χ0n) is 15.4. The highest BCUT2D eigenvalue weighted by Crippen LogP contribution is 2.30. The normalized spacial score (nSPS) is 18.7. The highest BCUT2D eigenvalue weighted by atomic mass is 32.2. The van der Waals surface area contributed by atoms with Gasteiger partial charge in [0.25, 0.3) is 0 Å². The Morgan fingerprint density at radius 3 is 2.59 bits per heavy atom. The van der Waals surface area contributed by atoms with E-state index in [0.717, 1.165) is 5.56 Å². The van der Waals surface area contributed by atoms with Gasteiger partial charge in [0.1, 0.15) is 11.6 Å². The summed E-state index contributed by atoms with van der Waals surface area (Å²) in [5, 5.41) is 9.08. The lowest BCUT2D eigenvalue weighted by Gasteiger charge is -2.11. The summed E-state index contributed by atoms with van der Waals surface area (Å²) in [5.41, 5.74) is 0.865. The smallest absolute Gasteiger partial charge is 0.406 e. The molecule has 6 nitrogen and oxygen atoms in total. The van der Waals surface area contributed by atoms with Crippen LogP contribution in [0.3, 0.4) is 0 Å². The number of thioether (sulfide) groups is 1. The summed E-state index contributed by atoms with van der Waals surface area (Å²) in [6, 6.07) is 5.74. The lowest BCUT2D eigenvalue weighted by molar-refractivity contribution is -0.274. The number of allylic oxidation sites excluding steroid dienone is 1. The number of benzene rings is 1.